The molecule has 1 aromatic rings. The van der Waals surface area contributed by atoms with Crippen molar-refractivity contribution in [1.82, 2.24) is 0 Å². The van der Waals surface area contributed by atoms with Gasteiger partial charge in [0.1, 0.15) is 12.1 Å². The first-order chi connectivity index (χ1) is 8.12. The van der Waals surface area contributed by atoms with Crippen LogP contribution < -0.4 is 5.43 Å². The molecule has 0 fully saturated rings. The van der Waals surface area contributed by atoms with Crippen LogP contribution in [0.4, 0.5) is 5.69 Å². The molecule has 0 heterocycles. The van der Waals surface area contributed by atoms with Crippen LogP contribution >= 0.6 is 0 Å². The first-order valence-electron chi connectivity index (χ1n) is 4.77. The second kappa shape index (κ2) is 5.30. The summed E-state index contributed by atoms with van der Waals surface area (Å²) in [5.74, 6) is 0. The monoisotopic (exact) mass is 223 g/mol. The van der Waals surface area contributed by atoms with E-state index in [1.165, 1.54) is 0 Å². The van der Waals surface area contributed by atoms with E-state index in [2.05, 4.69) is 16.6 Å². The third-order valence-electron chi connectivity index (χ3n) is 2.19. The molecule has 0 spiro atoms. The van der Waals surface area contributed by atoms with Crippen LogP contribution in [-0.2, 0) is 0 Å². The predicted molar refractivity (Wildman–Crippen MR) is 62.9 cm³/mol. The minimum atomic E-state index is -0.261. The summed E-state index contributed by atoms with van der Waals surface area (Å²) in [6.07, 6.45) is 0. The lowest BCUT2D eigenvalue weighted by molar-refractivity contribution is 1.27. The zero-order valence-electron chi connectivity index (χ0n) is 9.44. The first kappa shape index (κ1) is 12.2. The van der Waals surface area contributed by atoms with Crippen molar-refractivity contribution in [2.75, 3.05) is 5.43 Å². The average molecular weight is 223 g/mol. The van der Waals surface area contributed by atoms with Crippen molar-refractivity contribution in [3.63, 3.8) is 0 Å². The van der Waals surface area contributed by atoms with E-state index in [1.54, 1.807) is 18.2 Å². The highest BCUT2D eigenvalue weighted by molar-refractivity contribution is 6.10. The van der Waals surface area contributed by atoms with Gasteiger partial charge in [0, 0.05) is 0 Å². The molecule has 0 radical (unpaired) electrons. The molecule has 0 atom stereocenters. The van der Waals surface area contributed by atoms with Gasteiger partial charge in [-0.2, -0.15) is 20.9 Å². The van der Waals surface area contributed by atoms with Gasteiger partial charge in [-0.05, 0) is 31.0 Å². The van der Waals surface area contributed by atoms with Crippen molar-refractivity contribution in [3.8, 4) is 18.2 Å². The SMILES string of the molecule is Cc1cc(C)c(NN=C(C#N)C#N)cc1C#N. The van der Waals surface area contributed by atoms with Crippen molar-refractivity contribution in [2.45, 2.75) is 13.8 Å². The second-order valence-electron chi connectivity index (χ2n) is 3.39. The minimum Gasteiger partial charge on any atom is -0.276 e. The molecule has 1 rings (SSSR count). The summed E-state index contributed by atoms with van der Waals surface area (Å²) in [7, 11) is 0. The molecule has 5 heteroatoms. The van der Waals surface area contributed by atoms with E-state index in [0.717, 1.165) is 11.1 Å². The summed E-state index contributed by atoms with van der Waals surface area (Å²) in [5, 5.41) is 29.6. The molecular weight excluding hydrogens is 214 g/mol. The topological polar surface area (TPSA) is 95.8 Å². The largest absolute Gasteiger partial charge is 0.276 e. The summed E-state index contributed by atoms with van der Waals surface area (Å²) >= 11 is 0. The molecule has 1 N–H and O–H groups in total. The molecule has 17 heavy (non-hydrogen) atoms. The number of hydrogen-bond acceptors (Lipinski definition) is 5. The van der Waals surface area contributed by atoms with Gasteiger partial charge >= 0.3 is 0 Å². The van der Waals surface area contributed by atoms with Crippen molar-refractivity contribution in [3.05, 3.63) is 28.8 Å². The summed E-state index contributed by atoms with van der Waals surface area (Å²) < 4.78 is 0. The van der Waals surface area contributed by atoms with Gasteiger partial charge in [0.25, 0.3) is 0 Å². The van der Waals surface area contributed by atoms with Crippen molar-refractivity contribution in [2.24, 2.45) is 5.10 Å². The van der Waals surface area contributed by atoms with Crippen LogP contribution in [0, 0.1) is 47.8 Å². The lowest BCUT2D eigenvalue weighted by Gasteiger charge is -2.07. The highest BCUT2D eigenvalue weighted by Gasteiger charge is 2.04. The number of nitrogens with one attached hydrogen (secondary N) is 1. The van der Waals surface area contributed by atoms with Gasteiger partial charge in [-0.25, -0.2) is 0 Å². The molecule has 0 bridgehead atoms. The molecule has 0 aliphatic heterocycles. The average Bonchev–Trinajstić information content (AvgIpc) is 2.32. The fraction of sp³-hybridized carbons (Fsp3) is 0.167. The van der Waals surface area contributed by atoms with Gasteiger partial charge in [0.2, 0.25) is 5.71 Å². The Balaban J connectivity index is 3.10. The maximum atomic E-state index is 8.89. The number of nitriles is 3. The van der Waals surface area contributed by atoms with E-state index in [9.17, 15) is 0 Å². The molecule has 0 aliphatic rings. The van der Waals surface area contributed by atoms with Crippen molar-refractivity contribution in [1.29, 1.82) is 15.8 Å². The van der Waals surface area contributed by atoms with E-state index in [-0.39, 0.29) is 5.71 Å². The van der Waals surface area contributed by atoms with Crippen LogP contribution in [0.25, 0.3) is 0 Å². The second-order valence-corrected chi connectivity index (χ2v) is 3.39. The number of hydrogen-bond donors (Lipinski definition) is 1. The van der Waals surface area contributed by atoms with Gasteiger partial charge in [0.05, 0.1) is 17.3 Å². The molecule has 5 nitrogen and oxygen atoms in total. The van der Waals surface area contributed by atoms with E-state index in [4.69, 9.17) is 15.8 Å². The number of benzene rings is 1. The Bertz CT molecular complexity index is 577. The van der Waals surface area contributed by atoms with Crippen molar-refractivity contribution >= 4 is 11.4 Å². The van der Waals surface area contributed by atoms with E-state index in [1.807, 2.05) is 19.9 Å². The fourth-order valence-corrected chi connectivity index (χ4v) is 1.28. The minimum absolute atomic E-state index is 0.261. The molecule has 0 amide bonds. The number of hydrazone groups is 1. The summed E-state index contributed by atoms with van der Waals surface area (Å²) in [6.45, 7) is 3.69. The first-order valence-corrected chi connectivity index (χ1v) is 4.77. The van der Waals surface area contributed by atoms with Gasteiger partial charge in [-0.3, -0.25) is 5.43 Å². The van der Waals surface area contributed by atoms with Gasteiger partial charge in [-0.1, -0.05) is 6.07 Å². The Morgan fingerprint density at radius 3 is 2.29 bits per heavy atom. The van der Waals surface area contributed by atoms with E-state index >= 15 is 0 Å². The van der Waals surface area contributed by atoms with Crippen LogP contribution in [0.1, 0.15) is 16.7 Å². The molecule has 0 saturated heterocycles. The van der Waals surface area contributed by atoms with Gasteiger partial charge in [-0.15, -0.1) is 0 Å². The van der Waals surface area contributed by atoms with Crippen LogP contribution in [0.2, 0.25) is 0 Å². The number of aryl methyl sites for hydroxylation is 2. The summed E-state index contributed by atoms with van der Waals surface area (Å²) in [5.41, 5.74) is 5.25. The summed E-state index contributed by atoms with van der Waals surface area (Å²) in [6, 6.07) is 8.83. The molecule has 0 aromatic heterocycles. The molecule has 82 valence electrons. The van der Waals surface area contributed by atoms with Crippen molar-refractivity contribution < 1.29 is 0 Å². The molecule has 1 aromatic carbocycles. The van der Waals surface area contributed by atoms with E-state index < -0.39 is 0 Å². The van der Waals surface area contributed by atoms with Crippen LogP contribution in [0.5, 0.6) is 0 Å². The smallest absolute Gasteiger partial charge is 0.237 e. The fourth-order valence-electron chi connectivity index (χ4n) is 1.28. The molecule has 0 saturated carbocycles. The van der Waals surface area contributed by atoms with Gasteiger partial charge in [0.15, 0.2) is 0 Å². The standard InChI is InChI=1S/C12H9N5/c1-8-3-9(2)12(4-10(8)5-13)17-16-11(6-14)7-15/h3-4,17H,1-2H3. The summed E-state index contributed by atoms with van der Waals surface area (Å²) in [4.78, 5) is 0. The zero-order chi connectivity index (χ0) is 12.8. The number of anilines is 1. The third kappa shape index (κ3) is 2.81. The maximum absolute atomic E-state index is 8.89. The molecule has 0 aliphatic carbocycles. The van der Waals surface area contributed by atoms with Crippen LogP contribution in [-0.4, -0.2) is 5.71 Å². The third-order valence-corrected chi connectivity index (χ3v) is 2.19. The molecule has 0 unspecified atom stereocenters. The Morgan fingerprint density at radius 2 is 1.76 bits per heavy atom. The lowest BCUT2D eigenvalue weighted by atomic mass is 10.1. The van der Waals surface area contributed by atoms with Crippen LogP contribution in [0.15, 0.2) is 17.2 Å². The Labute approximate surface area is 99.2 Å². The molecular formula is C12H9N5. The lowest BCUT2D eigenvalue weighted by Crippen LogP contribution is -1.99. The maximum Gasteiger partial charge on any atom is 0.237 e. The van der Waals surface area contributed by atoms with E-state index in [0.29, 0.717) is 11.3 Å². The van der Waals surface area contributed by atoms with Gasteiger partial charge < -0.3 is 0 Å². The predicted octanol–water partition coefficient (Wildman–Crippen LogP) is 1.99. The number of rotatable bonds is 2. The normalized spacial score (nSPS) is 8.41. The number of nitrogens with zero attached hydrogens (tertiary/aromatic N) is 4. The Morgan fingerprint density at radius 1 is 1.12 bits per heavy atom. The van der Waals surface area contributed by atoms with Crippen LogP contribution in [0.3, 0.4) is 0 Å². The quantitative estimate of drug-likeness (QED) is 0.612. The highest BCUT2D eigenvalue weighted by atomic mass is 15.3. The Kier molecular flexibility index (Phi) is 3.81. The highest BCUT2D eigenvalue weighted by Crippen LogP contribution is 2.20. The Hall–Kier alpha value is -2.84. The zero-order valence-corrected chi connectivity index (χ0v) is 9.44.